The van der Waals surface area contributed by atoms with Crippen LogP contribution in [0.5, 0.6) is 0 Å². The van der Waals surface area contributed by atoms with E-state index >= 15 is 0 Å². The molecule has 4 rings (SSSR count). The van der Waals surface area contributed by atoms with Crippen molar-refractivity contribution in [3.05, 3.63) is 83.9 Å². The fourth-order valence-electron chi connectivity index (χ4n) is 3.87. The van der Waals surface area contributed by atoms with E-state index < -0.39 is 0 Å². The van der Waals surface area contributed by atoms with Gasteiger partial charge in [0, 0.05) is 18.2 Å². The van der Waals surface area contributed by atoms with Crippen molar-refractivity contribution in [1.29, 1.82) is 0 Å². The lowest BCUT2D eigenvalue weighted by molar-refractivity contribution is 0.0998. The summed E-state index contributed by atoms with van der Waals surface area (Å²) in [5.74, 6) is 1.06. The minimum Gasteiger partial charge on any atom is -0.416 e. The average Bonchev–Trinajstić information content (AvgIpc) is 3.33. The molecule has 170 valence electrons. The highest BCUT2D eigenvalue weighted by molar-refractivity contribution is 5.68. The summed E-state index contributed by atoms with van der Waals surface area (Å²) in [6.07, 6.45) is 2.22. The van der Waals surface area contributed by atoms with Crippen LogP contribution < -0.4 is 0 Å². The second-order valence-corrected chi connectivity index (χ2v) is 9.48. The Kier molecular flexibility index (Phi) is 6.75. The summed E-state index contributed by atoms with van der Waals surface area (Å²) in [6, 6.07) is 25.3. The fourth-order valence-corrected chi connectivity index (χ4v) is 3.87. The molecule has 3 aromatic carbocycles. The number of hydrogen-bond acceptors (Lipinski definition) is 4. The molecule has 1 atom stereocenters. The number of hydrogen-bond donors (Lipinski definition) is 0. The fraction of sp³-hybridized carbons (Fsp3) is 0.310. The van der Waals surface area contributed by atoms with Gasteiger partial charge in [-0.2, -0.15) is 0 Å². The van der Waals surface area contributed by atoms with Crippen molar-refractivity contribution in [2.45, 2.75) is 52.1 Å². The van der Waals surface area contributed by atoms with Crippen LogP contribution in [0.25, 0.3) is 34.0 Å². The standard InChI is InChI=1S/C29H32N2O2/c1-6-26(32-5)19-20-7-9-21(10-8-20)22-11-13-23(14-12-22)27-30-31-28(33-27)24-15-17-25(18-16-24)29(2,3)4/h7-18,26H,6,19H2,1-5H3. The Bertz CT molecular complexity index is 1160. The van der Waals surface area contributed by atoms with Crippen LogP contribution in [0.2, 0.25) is 0 Å². The van der Waals surface area contributed by atoms with Crippen molar-refractivity contribution in [1.82, 2.24) is 10.2 Å². The van der Waals surface area contributed by atoms with Crippen molar-refractivity contribution in [3.8, 4) is 34.0 Å². The molecular formula is C29H32N2O2. The first-order valence-electron chi connectivity index (χ1n) is 11.5. The Hall–Kier alpha value is -3.24. The quantitative estimate of drug-likeness (QED) is 0.302. The predicted molar refractivity (Wildman–Crippen MR) is 134 cm³/mol. The second kappa shape index (κ2) is 9.72. The topological polar surface area (TPSA) is 48.2 Å². The highest BCUT2D eigenvalue weighted by Crippen LogP contribution is 2.29. The maximum absolute atomic E-state index is 5.97. The van der Waals surface area contributed by atoms with E-state index in [4.69, 9.17) is 9.15 Å². The first-order chi connectivity index (χ1) is 15.9. The minimum atomic E-state index is 0.114. The molecule has 0 spiro atoms. The van der Waals surface area contributed by atoms with E-state index in [0.29, 0.717) is 11.8 Å². The first kappa shape index (κ1) is 22.9. The van der Waals surface area contributed by atoms with E-state index in [1.165, 1.54) is 16.7 Å². The lowest BCUT2D eigenvalue weighted by atomic mass is 9.87. The predicted octanol–water partition coefficient (Wildman–Crippen LogP) is 7.34. The Morgan fingerprint density at radius 2 is 1.18 bits per heavy atom. The monoisotopic (exact) mass is 440 g/mol. The van der Waals surface area contributed by atoms with Crippen molar-refractivity contribution < 1.29 is 9.15 Å². The molecular weight excluding hydrogens is 408 g/mol. The van der Waals surface area contributed by atoms with Gasteiger partial charge < -0.3 is 9.15 Å². The molecule has 0 aliphatic carbocycles. The second-order valence-electron chi connectivity index (χ2n) is 9.48. The van der Waals surface area contributed by atoms with Gasteiger partial charge >= 0.3 is 0 Å². The molecule has 0 amide bonds. The van der Waals surface area contributed by atoms with Crippen LogP contribution in [-0.2, 0) is 16.6 Å². The summed E-state index contributed by atoms with van der Waals surface area (Å²) >= 11 is 0. The largest absolute Gasteiger partial charge is 0.416 e. The molecule has 0 saturated heterocycles. The van der Waals surface area contributed by atoms with Crippen LogP contribution in [-0.4, -0.2) is 23.4 Å². The Morgan fingerprint density at radius 3 is 1.64 bits per heavy atom. The maximum atomic E-state index is 5.97. The zero-order chi connectivity index (χ0) is 23.4. The molecule has 33 heavy (non-hydrogen) atoms. The Balaban J connectivity index is 1.47. The third-order valence-electron chi connectivity index (χ3n) is 6.09. The van der Waals surface area contributed by atoms with Gasteiger partial charge in [-0.15, -0.1) is 10.2 Å². The summed E-state index contributed by atoms with van der Waals surface area (Å²) in [6.45, 7) is 8.76. The number of methoxy groups -OCH3 is 1. The number of benzene rings is 3. The van der Waals surface area contributed by atoms with Gasteiger partial charge in [0.25, 0.3) is 0 Å². The third kappa shape index (κ3) is 5.40. The molecule has 1 unspecified atom stereocenters. The van der Waals surface area contributed by atoms with E-state index in [1.807, 2.05) is 24.3 Å². The van der Waals surface area contributed by atoms with Crippen LogP contribution in [0, 0.1) is 0 Å². The third-order valence-corrected chi connectivity index (χ3v) is 6.09. The molecule has 0 radical (unpaired) electrons. The Labute approximate surface area is 196 Å². The lowest BCUT2D eigenvalue weighted by Crippen LogP contribution is -2.12. The van der Waals surface area contributed by atoms with Crippen molar-refractivity contribution in [3.63, 3.8) is 0 Å². The van der Waals surface area contributed by atoms with Gasteiger partial charge in [0.15, 0.2) is 0 Å². The Morgan fingerprint density at radius 1 is 0.727 bits per heavy atom. The van der Waals surface area contributed by atoms with Crippen molar-refractivity contribution in [2.75, 3.05) is 7.11 Å². The number of nitrogens with zero attached hydrogens (tertiary/aromatic N) is 2. The molecule has 0 aliphatic heterocycles. The summed E-state index contributed by atoms with van der Waals surface area (Å²) in [5, 5.41) is 8.52. The molecule has 0 bridgehead atoms. The lowest BCUT2D eigenvalue weighted by Gasteiger charge is -2.18. The molecule has 0 N–H and O–H groups in total. The zero-order valence-corrected chi connectivity index (χ0v) is 20.1. The van der Waals surface area contributed by atoms with Crippen LogP contribution in [0.15, 0.2) is 77.2 Å². The van der Waals surface area contributed by atoms with E-state index in [-0.39, 0.29) is 11.5 Å². The molecule has 4 aromatic rings. The van der Waals surface area contributed by atoms with Gasteiger partial charge in [-0.3, -0.25) is 0 Å². The highest BCUT2D eigenvalue weighted by Gasteiger charge is 2.15. The SMILES string of the molecule is CCC(Cc1ccc(-c2ccc(-c3nnc(-c4ccc(C(C)(C)C)cc4)o3)cc2)cc1)OC. The van der Waals surface area contributed by atoms with Gasteiger partial charge in [-0.1, -0.05) is 76.2 Å². The maximum Gasteiger partial charge on any atom is 0.248 e. The molecule has 0 aliphatic rings. The molecule has 1 heterocycles. The van der Waals surface area contributed by atoms with Gasteiger partial charge in [-0.05, 0) is 64.8 Å². The number of aromatic nitrogens is 2. The summed E-state index contributed by atoms with van der Waals surface area (Å²) < 4.78 is 11.5. The molecule has 4 heteroatoms. The van der Waals surface area contributed by atoms with Gasteiger partial charge in [0.2, 0.25) is 11.8 Å². The number of rotatable bonds is 7. The van der Waals surface area contributed by atoms with Crippen molar-refractivity contribution >= 4 is 0 Å². The molecule has 0 fully saturated rings. The van der Waals surface area contributed by atoms with Crippen LogP contribution in [0.1, 0.15) is 45.2 Å². The summed E-state index contributed by atoms with van der Waals surface area (Å²) in [7, 11) is 1.78. The minimum absolute atomic E-state index is 0.114. The molecule has 0 saturated carbocycles. The van der Waals surface area contributed by atoms with Gasteiger partial charge in [-0.25, -0.2) is 0 Å². The summed E-state index contributed by atoms with van der Waals surface area (Å²) in [4.78, 5) is 0. The molecule has 4 nitrogen and oxygen atoms in total. The van der Waals surface area contributed by atoms with Crippen LogP contribution >= 0.6 is 0 Å². The number of ether oxygens (including phenoxy) is 1. The van der Waals surface area contributed by atoms with Crippen molar-refractivity contribution in [2.24, 2.45) is 0 Å². The van der Waals surface area contributed by atoms with E-state index in [2.05, 4.69) is 86.4 Å². The van der Waals surface area contributed by atoms with Gasteiger partial charge in [0.1, 0.15) is 0 Å². The van der Waals surface area contributed by atoms with Crippen LogP contribution in [0.4, 0.5) is 0 Å². The normalized spacial score (nSPS) is 12.6. The van der Waals surface area contributed by atoms with E-state index in [0.717, 1.165) is 29.5 Å². The zero-order valence-electron chi connectivity index (χ0n) is 20.1. The highest BCUT2D eigenvalue weighted by atomic mass is 16.5. The first-order valence-corrected chi connectivity index (χ1v) is 11.5. The van der Waals surface area contributed by atoms with E-state index in [9.17, 15) is 0 Å². The average molecular weight is 441 g/mol. The van der Waals surface area contributed by atoms with Crippen LogP contribution in [0.3, 0.4) is 0 Å². The molecule has 1 aromatic heterocycles. The van der Waals surface area contributed by atoms with Gasteiger partial charge in [0.05, 0.1) is 6.10 Å². The smallest absolute Gasteiger partial charge is 0.248 e. The summed E-state index contributed by atoms with van der Waals surface area (Å²) in [5.41, 5.74) is 6.85. The van der Waals surface area contributed by atoms with E-state index in [1.54, 1.807) is 7.11 Å².